The summed E-state index contributed by atoms with van der Waals surface area (Å²) in [4.78, 5) is 12.5. The fourth-order valence-corrected chi connectivity index (χ4v) is 3.19. The maximum Gasteiger partial charge on any atom is 0.413 e. The first kappa shape index (κ1) is 19.4. The van der Waals surface area contributed by atoms with Gasteiger partial charge in [0.2, 0.25) is 0 Å². The van der Waals surface area contributed by atoms with E-state index in [0.29, 0.717) is 11.5 Å². The number of nitrogens with zero attached hydrogens (tertiary/aromatic N) is 3. The number of benzene rings is 3. The third-order valence-corrected chi connectivity index (χ3v) is 4.83. The quantitative estimate of drug-likeness (QED) is 0.478. The lowest BCUT2D eigenvalue weighted by molar-refractivity contribution is 0.121. The van der Waals surface area contributed by atoms with Crippen LogP contribution in [0.2, 0.25) is 0 Å². The summed E-state index contributed by atoms with van der Waals surface area (Å²) < 4.78 is 7.11. The van der Waals surface area contributed by atoms with E-state index in [2.05, 4.69) is 27.8 Å². The molecule has 0 unspecified atom stereocenters. The molecule has 0 fully saturated rings. The molecule has 1 atom stereocenters. The summed E-state index contributed by atoms with van der Waals surface area (Å²) >= 11 is 0. The van der Waals surface area contributed by atoms with Crippen LogP contribution in [0, 0.1) is 6.92 Å². The highest BCUT2D eigenvalue weighted by atomic mass is 16.6. The normalized spacial score (nSPS) is 11.7. The molecule has 3 aromatic carbocycles. The summed E-state index contributed by atoms with van der Waals surface area (Å²) in [7, 11) is 0. The van der Waals surface area contributed by atoms with Crippen LogP contribution in [0.5, 0.6) is 0 Å². The Morgan fingerprint density at radius 1 is 0.900 bits per heavy atom. The number of aryl methyl sites for hydroxylation is 1. The Morgan fingerprint density at radius 3 is 2.17 bits per heavy atom. The summed E-state index contributed by atoms with van der Waals surface area (Å²) in [5.41, 5.74) is 4.55. The molecule has 1 amide bonds. The zero-order chi connectivity index (χ0) is 20.9. The molecule has 0 aliphatic carbocycles. The van der Waals surface area contributed by atoms with Gasteiger partial charge < -0.3 is 4.74 Å². The topological polar surface area (TPSA) is 69.0 Å². The van der Waals surface area contributed by atoms with E-state index in [1.54, 1.807) is 11.6 Å². The first-order chi connectivity index (χ1) is 14.6. The van der Waals surface area contributed by atoms with Crippen molar-refractivity contribution in [1.82, 2.24) is 15.0 Å². The molecular weight excluding hydrogens is 376 g/mol. The first-order valence-electron chi connectivity index (χ1n) is 9.72. The highest BCUT2D eigenvalue weighted by Crippen LogP contribution is 2.24. The van der Waals surface area contributed by atoms with Gasteiger partial charge in [-0.05, 0) is 42.7 Å². The minimum absolute atomic E-state index is 0.374. The lowest BCUT2D eigenvalue weighted by Crippen LogP contribution is -2.18. The standard InChI is InChI=1S/C24H22N4O2/c1-17-23(25-24(29)30-18(2)19-9-5-3-6-10-19)28(27-26-17)22-15-13-21(14-16-22)20-11-7-4-8-12-20/h3-16,18H,1-2H3,(H,25,29)/t18-/m1/s1. The molecule has 0 saturated heterocycles. The Balaban J connectivity index is 1.51. The van der Waals surface area contributed by atoms with Gasteiger partial charge in [0, 0.05) is 0 Å². The Bertz CT molecular complexity index is 1120. The number of ether oxygens (including phenoxy) is 1. The van der Waals surface area contributed by atoms with Crippen LogP contribution in [0.15, 0.2) is 84.9 Å². The van der Waals surface area contributed by atoms with E-state index in [0.717, 1.165) is 22.4 Å². The zero-order valence-electron chi connectivity index (χ0n) is 16.8. The second-order valence-electron chi connectivity index (χ2n) is 6.93. The molecule has 30 heavy (non-hydrogen) atoms. The molecule has 1 N–H and O–H groups in total. The van der Waals surface area contributed by atoms with Gasteiger partial charge in [0.05, 0.1) is 5.69 Å². The highest BCUT2D eigenvalue weighted by Gasteiger charge is 2.17. The number of amides is 1. The van der Waals surface area contributed by atoms with Gasteiger partial charge in [-0.15, -0.1) is 5.10 Å². The number of rotatable bonds is 5. The minimum atomic E-state index is -0.557. The molecule has 0 radical (unpaired) electrons. The maximum atomic E-state index is 12.5. The summed E-state index contributed by atoms with van der Waals surface area (Å²) in [6, 6.07) is 27.6. The smallest absolute Gasteiger partial charge is 0.413 e. The number of hydrogen-bond acceptors (Lipinski definition) is 4. The summed E-state index contributed by atoms with van der Waals surface area (Å²) in [6.07, 6.45) is -0.931. The molecule has 0 bridgehead atoms. The van der Waals surface area contributed by atoms with Gasteiger partial charge >= 0.3 is 6.09 Å². The van der Waals surface area contributed by atoms with Crippen molar-refractivity contribution in [2.24, 2.45) is 0 Å². The molecule has 4 rings (SSSR count). The molecule has 0 aliphatic heterocycles. The molecule has 1 aromatic heterocycles. The van der Waals surface area contributed by atoms with E-state index in [4.69, 9.17) is 4.74 Å². The number of carbonyl (C=O) groups is 1. The predicted octanol–water partition coefficient (Wildman–Crippen LogP) is 5.55. The number of hydrogen-bond donors (Lipinski definition) is 1. The fourth-order valence-electron chi connectivity index (χ4n) is 3.19. The van der Waals surface area contributed by atoms with E-state index in [1.807, 2.05) is 79.7 Å². The van der Waals surface area contributed by atoms with Crippen molar-refractivity contribution in [2.75, 3.05) is 5.32 Å². The van der Waals surface area contributed by atoms with Crippen molar-refractivity contribution in [3.8, 4) is 16.8 Å². The van der Waals surface area contributed by atoms with Crippen LogP contribution in [-0.2, 0) is 4.74 Å². The third-order valence-electron chi connectivity index (χ3n) is 4.83. The lowest BCUT2D eigenvalue weighted by Gasteiger charge is -2.15. The zero-order valence-corrected chi connectivity index (χ0v) is 16.8. The van der Waals surface area contributed by atoms with E-state index < -0.39 is 6.09 Å². The van der Waals surface area contributed by atoms with Crippen molar-refractivity contribution < 1.29 is 9.53 Å². The second-order valence-corrected chi connectivity index (χ2v) is 6.93. The van der Waals surface area contributed by atoms with Crippen LogP contribution < -0.4 is 5.32 Å². The van der Waals surface area contributed by atoms with Gasteiger partial charge in [-0.3, -0.25) is 5.32 Å². The Hall–Kier alpha value is -3.93. The van der Waals surface area contributed by atoms with Crippen LogP contribution in [0.4, 0.5) is 10.6 Å². The largest absolute Gasteiger partial charge is 0.441 e. The average molecular weight is 398 g/mol. The van der Waals surface area contributed by atoms with E-state index in [1.165, 1.54) is 0 Å². The van der Waals surface area contributed by atoms with Gasteiger partial charge in [0.25, 0.3) is 0 Å². The van der Waals surface area contributed by atoms with E-state index in [9.17, 15) is 4.79 Å². The minimum Gasteiger partial charge on any atom is -0.441 e. The Kier molecular flexibility index (Phi) is 5.57. The fraction of sp³-hybridized carbons (Fsp3) is 0.125. The molecule has 0 saturated carbocycles. The van der Waals surface area contributed by atoms with Crippen molar-refractivity contribution in [3.05, 3.63) is 96.2 Å². The van der Waals surface area contributed by atoms with E-state index in [-0.39, 0.29) is 6.10 Å². The van der Waals surface area contributed by atoms with Crippen LogP contribution >= 0.6 is 0 Å². The van der Waals surface area contributed by atoms with Gasteiger partial charge in [-0.25, -0.2) is 4.79 Å². The number of anilines is 1. The molecule has 0 spiro atoms. The molecular formula is C24H22N4O2. The first-order valence-corrected chi connectivity index (χ1v) is 9.72. The average Bonchev–Trinajstić information content (AvgIpc) is 3.15. The monoisotopic (exact) mass is 398 g/mol. The molecule has 6 nitrogen and oxygen atoms in total. The Morgan fingerprint density at radius 2 is 1.50 bits per heavy atom. The molecule has 0 aliphatic rings. The maximum absolute atomic E-state index is 12.5. The summed E-state index contributed by atoms with van der Waals surface area (Å²) in [5, 5.41) is 11.1. The number of carbonyl (C=O) groups excluding carboxylic acids is 1. The molecule has 1 heterocycles. The van der Waals surface area contributed by atoms with Crippen molar-refractivity contribution in [3.63, 3.8) is 0 Å². The van der Waals surface area contributed by atoms with Crippen molar-refractivity contribution >= 4 is 11.9 Å². The molecule has 150 valence electrons. The number of nitrogens with one attached hydrogen (secondary N) is 1. The second kappa shape index (κ2) is 8.61. The summed E-state index contributed by atoms with van der Waals surface area (Å²) in [6.45, 7) is 3.62. The number of aromatic nitrogens is 3. The van der Waals surface area contributed by atoms with Gasteiger partial charge in [-0.2, -0.15) is 4.68 Å². The van der Waals surface area contributed by atoms with Crippen molar-refractivity contribution in [1.29, 1.82) is 0 Å². The lowest BCUT2D eigenvalue weighted by atomic mass is 10.1. The van der Waals surface area contributed by atoms with Gasteiger partial charge in [0.15, 0.2) is 5.82 Å². The van der Waals surface area contributed by atoms with Crippen LogP contribution in [0.3, 0.4) is 0 Å². The Labute approximate surface area is 175 Å². The van der Waals surface area contributed by atoms with Gasteiger partial charge in [-0.1, -0.05) is 78.0 Å². The summed E-state index contributed by atoms with van der Waals surface area (Å²) in [5.74, 6) is 0.479. The van der Waals surface area contributed by atoms with Crippen LogP contribution in [0.25, 0.3) is 16.8 Å². The molecule has 6 heteroatoms. The highest BCUT2D eigenvalue weighted by molar-refractivity contribution is 5.84. The van der Waals surface area contributed by atoms with E-state index >= 15 is 0 Å². The van der Waals surface area contributed by atoms with Crippen LogP contribution in [0.1, 0.15) is 24.3 Å². The van der Waals surface area contributed by atoms with Crippen LogP contribution in [-0.4, -0.2) is 21.1 Å². The third kappa shape index (κ3) is 4.22. The molecule has 4 aromatic rings. The van der Waals surface area contributed by atoms with Crippen molar-refractivity contribution in [2.45, 2.75) is 20.0 Å². The van der Waals surface area contributed by atoms with Gasteiger partial charge in [0.1, 0.15) is 11.8 Å². The SMILES string of the molecule is Cc1nnn(-c2ccc(-c3ccccc3)cc2)c1NC(=O)O[C@H](C)c1ccccc1. The predicted molar refractivity (Wildman–Crippen MR) is 116 cm³/mol.